The smallest absolute Gasteiger partial charge is 0.323 e. The minimum Gasteiger partial charge on any atom is -0.468 e. The van der Waals surface area contributed by atoms with Crippen LogP contribution in [0.3, 0.4) is 0 Å². The van der Waals surface area contributed by atoms with Crippen LogP contribution in [0.15, 0.2) is 25.3 Å². The van der Waals surface area contributed by atoms with Gasteiger partial charge in [0.1, 0.15) is 6.04 Å². The van der Waals surface area contributed by atoms with Crippen molar-refractivity contribution in [2.24, 2.45) is 5.92 Å². The molecule has 2 unspecified atom stereocenters. The van der Waals surface area contributed by atoms with E-state index in [-0.39, 0.29) is 6.61 Å². The van der Waals surface area contributed by atoms with Gasteiger partial charge >= 0.3 is 11.9 Å². The number of methoxy groups -OCH3 is 1. The molecule has 0 aliphatic rings. The van der Waals surface area contributed by atoms with Crippen molar-refractivity contribution in [3.8, 4) is 0 Å². The molecule has 0 spiro atoms. The topological polar surface area (TPSA) is 55.8 Å². The quantitative estimate of drug-likeness (QED) is 0.468. The van der Waals surface area contributed by atoms with E-state index in [2.05, 4.69) is 13.2 Å². The molecule has 2 atom stereocenters. The Morgan fingerprint density at radius 2 is 1.74 bits per heavy atom. The van der Waals surface area contributed by atoms with E-state index in [9.17, 15) is 9.59 Å². The van der Waals surface area contributed by atoms with E-state index in [1.165, 1.54) is 7.11 Å². The van der Waals surface area contributed by atoms with Crippen molar-refractivity contribution in [1.82, 2.24) is 4.90 Å². The number of ether oxygens (including phenoxy) is 2. The Balaban J connectivity index is 5.14. The summed E-state index contributed by atoms with van der Waals surface area (Å²) in [5, 5.41) is 0. The van der Waals surface area contributed by atoms with E-state index >= 15 is 0 Å². The zero-order valence-corrected chi connectivity index (χ0v) is 11.9. The maximum absolute atomic E-state index is 11.9. The Hall–Kier alpha value is -1.62. The molecule has 0 amide bonds. The molecule has 0 rings (SSSR count). The summed E-state index contributed by atoms with van der Waals surface area (Å²) in [6.45, 7) is 11.9. The molecule has 0 aliphatic heterocycles. The molecule has 0 heterocycles. The molecular formula is C14H23NO4. The number of hydrogen-bond donors (Lipinski definition) is 0. The molecule has 0 aliphatic carbocycles. The molecule has 0 aromatic carbocycles. The Morgan fingerprint density at radius 1 is 1.21 bits per heavy atom. The van der Waals surface area contributed by atoms with E-state index in [1.54, 1.807) is 30.9 Å². The van der Waals surface area contributed by atoms with Crippen LogP contribution < -0.4 is 0 Å². The largest absolute Gasteiger partial charge is 0.468 e. The van der Waals surface area contributed by atoms with Gasteiger partial charge in [0.05, 0.1) is 19.6 Å². The Bertz CT molecular complexity index is 317. The van der Waals surface area contributed by atoms with Gasteiger partial charge in [-0.25, -0.2) is 0 Å². The molecule has 0 aromatic heterocycles. The molecule has 0 fully saturated rings. The molecular weight excluding hydrogens is 246 g/mol. The second-order valence-corrected chi connectivity index (χ2v) is 4.04. The highest BCUT2D eigenvalue weighted by molar-refractivity contribution is 5.84. The molecule has 0 saturated heterocycles. The zero-order chi connectivity index (χ0) is 14.8. The average molecular weight is 269 g/mol. The Morgan fingerprint density at radius 3 is 2.11 bits per heavy atom. The first-order valence-electron chi connectivity index (χ1n) is 6.23. The summed E-state index contributed by atoms with van der Waals surface area (Å²) in [4.78, 5) is 25.5. The molecule has 0 bridgehead atoms. The number of rotatable bonds is 9. The molecule has 0 radical (unpaired) electrons. The van der Waals surface area contributed by atoms with Crippen molar-refractivity contribution in [2.45, 2.75) is 19.9 Å². The van der Waals surface area contributed by atoms with E-state index in [4.69, 9.17) is 9.47 Å². The normalized spacial score (nSPS) is 13.5. The van der Waals surface area contributed by atoms with Gasteiger partial charge in [0, 0.05) is 13.1 Å². The first-order chi connectivity index (χ1) is 9.03. The van der Waals surface area contributed by atoms with Crippen LogP contribution in [0.4, 0.5) is 0 Å². The number of esters is 2. The molecule has 19 heavy (non-hydrogen) atoms. The lowest BCUT2D eigenvalue weighted by molar-refractivity contribution is -0.159. The van der Waals surface area contributed by atoms with E-state index < -0.39 is 23.9 Å². The summed E-state index contributed by atoms with van der Waals surface area (Å²) in [7, 11) is 1.30. The van der Waals surface area contributed by atoms with Crippen LogP contribution >= 0.6 is 0 Å². The molecule has 0 N–H and O–H groups in total. The third kappa shape index (κ3) is 5.26. The summed E-state index contributed by atoms with van der Waals surface area (Å²) in [6.07, 6.45) is 3.33. The SMILES string of the molecule is C=CCN(CC=C)C(C(=O)OC)C(C)C(=O)OCC. The fraction of sp³-hybridized carbons (Fsp3) is 0.571. The second-order valence-electron chi connectivity index (χ2n) is 4.04. The van der Waals surface area contributed by atoms with Crippen LogP contribution in [-0.4, -0.2) is 49.7 Å². The van der Waals surface area contributed by atoms with Crippen molar-refractivity contribution in [2.75, 3.05) is 26.8 Å². The molecule has 5 heteroatoms. The van der Waals surface area contributed by atoms with E-state index in [0.717, 1.165) is 0 Å². The summed E-state index contributed by atoms with van der Waals surface area (Å²) in [5.74, 6) is -1.51. The van der Waals surface area contributed by atoms with Gasteiger partial charge in [-0.2, -0.15) is 0 Å². The van der Waals surface area contributed by atoms with Crippen LogP contribution in [-0.2, 0) is 19.1 Å². The van der Waals surface area contributed by atoms with Crippen molar-refractivity contribution in [1.29, 1.82) is 0 Å². The average Bonchev–Trinajstić information content (AvgIpc) is 2.39. The summed E-state index contributed by atoms with van der Waals surface area (Å²) >= 11 is 0. The maximum Gasteiger partial charge on any atom is 0.323 e. The molecule has 0 saturated carbocycles. The minimum atomic E-state index is -0.708. The highest BCUT2D eigenvalue weighted by atomic mass is 16.5. The number of hydrogen-bond acceptors (Lipinski definition) is 5. The minimum absolute atomic E-state index is 0.278. The Labute approximate surface area is 114 Å². The van der Waals surface area contributed by atoms with Crippen LogP contribution in [0, 0.1) is 5.92 Å². The lowest BCUT2D eigenvalue weighted by Gasteiger charge is -2.30. The van der Waals surface area contributed by atoms with Gasteiger partial charge in [0.15, 0.2) is 0 Å². The van der Waals surface area contributed by atoms with Gasteiger partial charge in [0.25, 0.3) is 0 Å². The second kappa shape index (κ2) is 9.33. The van der Waals surface area contributed by atoms with Crippen molar-refractivity contribution >= 4 is 11.9 Å². The standard InChI is InChI=1S/C14H23NO4/c1-6-9-15(10-7-2)12(14(17)18-5)11(4)13(16)19-8-3/h6-7,11-12H,1-2,8-10H2,3-5H3. The highest BCUT2D eigenvalue weighted by Gasteiger charge is 2.36. The van der Waals surface area contributed by atoms with Crippen LogP contribution in [0.5, 0.6) is 0 Å². The highest BCUT2D eigenvalue weighted by Crippen LogP contribution is 2.15. The van der Waals surface area contributed by atoms with Crippen LogP contribution in [0.2, 0.25) is 0 Å². The lowest BCUT2D eigenvalue weighted by atomic mass is 10.00. The third-order valence-corrected chi connectivity index (χ3v) is 2.70. The summed E-state index contributed by atoms with van der Waals surface area (Å²) in [5.41, 5.74) is 0. The predicted molar refractivity (Wildman–Crippen MR) is 73.6 cm³/mol. The monoisotopic (exact) mass is 269 g/mol. The van der Waals surface area contributed by atoms with Gasteiger partial charge < -0.3 is 9.47 Å². The van der Waals surface area contributed by atoms with Crippen LogP contribution in [0.1, 0.15) is 13.8 Å². The van der Waals surface area contributed by atoms with Gasteiger partial charge in [-0.15, -0.1) is 13.2 Å². The fourth-order valence-corrected chi connectivity index (χ4v) is 1.83. The number of nitrogens with zero attached hydrogens (tertiary/aromatic N) is 1. The van der Waals surface area contributed by atoms with E-state index in [0.29, 0.717) is 13.1 Å². The summed E-state index contributed by atoms with van der Waals surface area (Å²) < 4.78 is 9.74. The Kier molecular flexibility index (Phi) is 8.53. The first kappa shape index (κ1) is 17.4. The number of carbonyl (C=O) groups is 2. The van der Waals surface area contributed by atoms with Crippen molar-refractivity contribution < 1.29 is 19.1 Å². The van der Waals surface area contributed by atoms with Crippen LogP contribution in [0.25, 0.3) is 0 Å². The summed E-state index contributed by atoms with van der Waals surface area (Å²) in [6, 6.07) is -0.708. The van der Waals surface area contributed by atoms with Gasteiger partial charge in [0.2, 0.25) is 0 Å². The molecule has 0 aromatic rings. The predicted octanol–water partition coefficient (Wildman–Crippen LogP) is 1.40. The molecule has 108 valence electrons. The van der Waals surface area contributed by atoms with E-state index in [1.807, 2.05) is 0 Å². The fourth-order valence-electron chi connectivity index (χ4n) is 1.83. The first-order valence-corrected chi connectivity index (χ1v) is 6.23. The third-order valence-electron chi connectivity index (χ3n) is 2.70. The van der Waals surface area contributed by atoms with Gasteiger partial charge in [-0.1, -0.05) is 12.2 Å². The van der Waals surface area contributed by atoms with Crippen molar-refractivity contribution in [3.63, 3.8) is 0 Å². The lowest BCUT2D eigenvalue weighted by Crippen LogP contribution is -2.49. The maximum atomic E-state index is 11.9. The van der Waals surface area contributed by atoms with Crippen molar-refractivity contribution in [3.05, 3.63) is 25.3 Å². The van der Waals surface area contributed by atoms with Gasteiger partial charge in [-0.05, 0) is 13.8 Å². The zero-order valence-electron chi connectivity index (χ0n) is 11.9. The molecule has 5 nitrogen and oxygen atoms in total. The number of carbonyl (C=O) groups excluding carboxylic acids is 2. The van der Waals surface area contributed by atoms with Gasteiger partial charge in [-0.3, -0.25) is 14.5 Å².